The molecular weight excluding hydrogens is 261 g/mol. The lowest BCUT2D eigenvalue weighted by Crippen LogP contribution is -2.33. The molecule has 0 aliphatic carbocycles. The number of hydrogen-bond donors (Lipinski definition) is 3. The van der Waals surface area contributed by atoms with E-state index in [0.717, 1.165) is 19.6 Å². The normalized spacial score (nSPS) is 21.1. The van der Waals surface area contributed by atoms with Crippen LogP contribution in [0.3, 0.4) is 0 Å². The van der Waals surface area contributed by atoms with E-state index in [1.807, 2.05) is 0 Å². The summed E-state index contributed by atoms with van der Waals surface area (Å²) < 4.78 is 19.3. The Morgan fingerprint density at radius 1 is 1.65 bits per heavy atom. The molecule has 1 aromatic rings. The van der Waals surface area contributed by atoms with E-state index < -0.39 is 0 Å². The molecule has 1 aliphatic heterocycles. The van der Waals surface area contributed by atoms with Crippen molar-refractivity contribution in [1.82, 2.24) is 5.32 Å². The third-order valence-electron chi connectivity index (χ3n) is 3.74. The number of nitrogens with two attached hydrogens (primary N) is 1. The summed E-state index contributed by atoms with van der Waals surface area (Å²) in [5.74, 6) is 0.0193. The highest BCUT2D eigenvalue weighted by molar-refractivity contribution is 5.97. The fourth-order valence-corrected chi connectivity index (χ4v) is 2.29. The summed E-state index contributed by atoms with van der Waals surface area (Å²) in [6, 6.07) is 4.84. The maximum atomic E-state index is 13.9. The number of nitrogens with zero attached hydrogens (tertiary/aromatic N) is 1. The molecule has 0 radical (unpaired) electrons. The first-order chi connectivity index (χ1) is 9.61. The SMILES string of the molecule is CC(NCc1ccc(/C(N)=N/O)cc1F)C1CCOC1. The Kier molecular flexibility index (Phi) is 4.92. The molecule has 4 N–H and O–H groups in total. The van der Waals surface area contributed by atoms with Gasteiger partial charge in [-0.2, -0.15) is 0 Å². The highest BCUT2D eigenvalue weighted by Crippen LogP contribution is 2.17. The molecule has 1 aliphatic rings. The number of halogens is 1. The van der Waals surface area contributed by atoms with Gasteiger partial charge < -0.3 is 21.0 Å². The third-order valence-corrected chi connectivity index (χ3v) is 3.74. The van der Waals surface area contributed by atoms with Crippen molar-refractivity contribution in [3.05, 3.63) is 35.1 Å². The highest BCUT2D eigenvalue weighted by Gasteiger charge is 2.22. The van der Waals surface area contributed by atoms with Crippen molar-refractivity contribution in [1.29, 1.82) is 0 Å². The van der Waals surface area contributed by atoms with Crippen molar-refractivity contribution in [3.63, 3.8) is 0 Å². The Bertz CT molecular complexity index is 487. The Hall–Kier alpha value is -1.66. The van der Waals surface area contributed by atoms with E-state index in [1.54, 1.807) is 12.1 Å². The van der Waals surface area contributed by atoms with Crippen molar-refractivity contribution in [2.75, 3.05) is 13.2 Å². The van der Waals surface area contributed by atoms with Gasteiger partial charge in [0.25, 0.3) is 0 Å². The van der Waals surface area contributed by atoms with E-state index in [2.05, 4.69) is 17.4 Å². The van der Waals surface area contributed by atoms with Gasteiger partial charge in [0, 0.05) is 30.3 Å². The van der Waals surface area contributed by atoms with Crippen LogP contribution in [0.1, 0.15) is 24.5 Å². The smallest absolute Gasteiger partial charge is 0.170 e. The zero-order valence-electron chi connectivity index (χ0n) is 11.5. The monoisotopic (exact) mass is 281 g/mol. The maximum absolute atomic E-state index is 13.9. The summed E-state index contributed by atoms with van der Waals surface area (Å²) in [6.07, 6.45) is 1.04. The summed E-state index contributed by atoms with van der Waals surface area (Å²) >= 11 is 0. The van der Waals surface area contributed by atoms with Crippen molar-refractivity contribution >= 4 is 5.84 Å². The molecule has 0 amide bonds. The van der Waals surface area contributed by atoms with Gasteiger partial charge in [-0.3, -0.25) is 0 Å². The van der Waals surface area contributed by atoms with Gasteiger partial charge in [0.2, 0.25) is 0 Å². The zero-order chi connectivity index (χ0) is 14.5. The van der Waals surface area contributed by atoms with Crippen LogP contribution in [0.5, 0.6) is 0 Å². The van der Waals surface area contributed by atoms with E-state index in [-0.39, 0.29) is 17.7 Å². The molecule has 1 fully saturated rings. The Labute approximate surface area is 117 Å². The molecule has 0 saturated carbocycles. The molecule has 2 rings (SSSR count). The van der Waals surface area contributed by atoms with Crippen molar-refractivity contribution in [2.24, 2.45) is 16.8 Å². The van der Waals surface area contributed by atoms with Crippen LogP contribution >= 0.6 is 0 Å². The van der Waals surface area contributed by atoms with Crippen LogP contribution in [-0.4, -0.2) is 30.3 Å². The van der Waals surface area contributed by atoms with Crippen LogP contribution in [0.2, 0.25) is 0 Å². The fraction of sp³-hybridized carbons (Fsp3) is 0.500. The zero-order valence-corrected chi connectivity index (χ0v) is 11.5. The van der Waals surface area contributed by atoms with Crippen LogP contribution in [-0.2, 0) is 11.3 Å². The van der Waals surface area contributed by atoms with Crippen LogP contribution < -0.4 is 11.1 Å². The lowest BCUT2D eigenvalue weighted by Gasteiger charge is -2.19. The first-order valence-corrected chi connectivity index (χ1v) is 6.69. The molecule has 0 bridgehead atoms. The lowest BCUT2D eigenvalue weighted by atomic mass is 10.0. The van der Waals surface area contributed by atoms with Gasteiger partial charge in [-0.1, -0.05) is 17.3 Å². The first-order valence-electron chi connectivity index (χ1n) is 6.69. The van der Waals surface area contributed by atoms with Gasteiger partial charge >= 0.3 is 0 Å². The van der Waals surface area contributed by atoms with Gasteiger partial charge in [0.05, 0.1) is 6.61 Å². The summed E-state index contributed by atoms with van der Waals surface area (Å²) in [5.41, 5.74) is 6.35. The minimum absolute atomic E-state index is 0.0973. The maximum Gasteiger partial charge on any atom is 0.170 e. The minimum Gasteiger partial charge on any atom is -0.409 e. The third kappa shape index (κ3) is 3.46. The van der Waals surface area contributed by atoms with E-state index in [4.69, 9.17) is 15.7 Å². The average Bonchev–Trinajstić information content (AvgIpc) is 2.99. The quantitative estimate of drug-likeness (QED) is 0.330. The molecule has 6 heteroatoms. The van der Waals surface area contributed by atoms with Gasteiger partial charge in [0.1, 0.15) is 5.82 Å². The molecule has 0 spiro atoms. The van der Waals surface area contributed by atoms with Crippen LogP contribution in [0.25, 0.3) is 0 Å². The number of amidine groups is 1. The number of rotatable bonds is 5. The molecule has 1 heterocycles. The van der Waals surface area contributed by atoms with E-state index >= 15 is 0 Å². The van der Waals surface area contributed by atoms with Crippen molar-refractivity contribution in [2.45, 2.75) is 25.9 Å². The molecular formula is C14H20FN3O2. The van der Waals surface area contributed by atoms with Crippen LogP contribution in [0.15, 0.2) is 23.4 Å². The molecule has 5 nitrogen and oxygen atoms in total. The molecule has 2 unspecified atom stereocenters. The Balaban J connectivity index is 1.96. The predicted octanol–water partition coefficient (Wildman–Crippen LogP) is 1.43. The fourth-order valence-electron chi connectivity index (χ4n) is 2.29. The van der Waals surface area contributed by atoms with E-state index in [1.165, 1.54) is 6.07 Å². The summed E-state index contributed by atoms with van der Waals surface area (Å²) in [7, 11) is 0. The standard InChI is InChI=1S/C14H20FN3O2/c1-9(12-4-5-20-8-12)17-7-11-3-2-10(6-13(11)15)14(16)18-19/h2-3,6,9,12,17,19H,4-5,7-8H2,1H3,(H2,16,18). The van der Waals surface area contributed by atoms with Crippen molar-refractivity contribution in [3.8, 4) is 0 Å². The second-order valence-electron chi connectivity index (χ2n) is 5.08. The molecule has 1 saturated heterocycles. The van der Waals surface area contributed by atoms with Gasteiger partial charge in [-0.15, -0.1) is 0 Å². The van der Waals surface area contributed by atoms with Crippen LogP contribution in [0.4, 0.5) is 4.39 Å². The minimum atomic E-state index is -0.364. The summed E-state index contributed by atoms with van der Waals surface area (Å²) in [5, 5.41) is 14.7. The number of oxime groups is 1. The van der Waals surface area contributed by atoms with Gasteiger partial charge in [-0.05, 0) is 25.3 Å². The summed E-state index contributed by atoms with van der Waals surface area (Å²) in [4.78, 5) is 0. The second-order valence-corrected chi connectivity index (χ2v) is 5.08. The predicted molar refractivity (Wildman–Crippen MR) is 74.1 cm³/mol. The largest absolute Gasteiger partial charge is 0.409 e. The van der Waals surface area contributed by atoms with Crippen LogP contribution in [0, 0.1) is 11.7 Å². The molecule has 1 aromatic carbocycles. The van der Waals surface area contributed by atoms with Gasteiger partial charge in [0.15, 0.2) is 5.84 Å². The average molecular weight is 281 g/mol. The lowest BCUT2D eigenvalue weighted by molar-refractivity contribution is 0.178. The van der Waals surface area contributed by atoms with Gasteiger partial charge in [-0.25, -0.2) is 4.39 Å². The molecule has 20 heavy (non-hydrogen) atoms. The number of hydrogen-bond acceptors (Lipinski definition) is 4. The van der Waals surface area contributed by atoms with Crippen molar-refractivity contribution < 1.29 is 14.3 Å². The van der Waals surface area contributed by atoms with E-state index in [9.17, 15) is 4.39 Å². The molecule has 110 valence electrons. The topological polar surface area (TPSA) is 79.9 Å². The number of nitrogens with one attached hydrogen (secondary N) is 1. The highest BCUT2D eigenvalue weighted by atomic mass is 19.1. The number of benzene rings is 1. The molecule has 2 atom stereocenters. The Morgan fingerprint density at radius 2 is 2.45 bits per heavy atom. The Morgan fingerprint density at radius 3 is 3.05 bits per heavy atom. The van der Waals surface area contributed by atoms with E-state index in [0.29, 0.717) is 23.6 Å². The molecule has 0 aromatic heterocycles. The first kappa shape index (κ1) is 14.7. The second kappa shape index (κ2) is 6.67. The summed E-state index contributed by atoms with van der Waals surface area (Å²) in [6.45, 7) is 4.10. The number of ether oxygens (including phenoxy) is 1.